The molecule has 7 heteroatoms. The molecule has 0 heterocycles. The molecule has 0 saturated carbocycles. The highest BCUT2D eigenvalue weighted by Crippen LogP contribution is 2.40. The minimum absolute atomic E-state index is 0.0592. The lowest BCUT2D eigenvalue weighted by atomic mass is 10.2. The van der Waals surface area contributed by atoms with E-state index in [1.54, 1.807) is 19.1 Å². The number of ether oxygens (including phenoxy) is 3. The Hall–Kier alpha value is -1.63. The van der Waals surface area contributed by atoms with Gasteiger partial charge in [0, 0.05) is 12.1 Å². The van der Waals surface area contributed by atoms with Gasteiger partial charge in [-0.15, -0.1) is 0 Å². The molecule has 0 saturated heterocycles. The molecule has 0 radical (unpaired) electrons. The van der Waals surface area contributed by atoms with Gasteiger partial charge < -0.3 is 14.2 Å². The van der Waals surface area contributed by atoms with E-state index in [1.807, 2.05) is 0 Å². The summed E-state index contributed by atoms with van der Waals surface area (Å²) < 4.78 is 41.4. The summed E-state index contributed by atoms with van der Waals surface area (Å²) in [5, 5.41) is 0. The molecule has 1 aromatic rings. The van der Waals surface area contributed by atoms with Crippen LogP contribution < -0.4 is 18.9 Å². The maximum atomic E-state index is 11.7. The standard InChI is InChI=1S/C12H19NO5S/c1-5-6-19(14,15)13-9-7-10(16-2)12(18-4)11(8-9)17-3/h7-8,13H,5-6H2,1-4H3. The Morgan fingerprint density at radius 3 is 1.95 bits per heavy atom. The number of rotatable bonds is 7. The highest BCUT2D eigenvalue weighted by molar-refractivity contribution is 7.92. The monoisotopic (exact) mass is 289 g/mol. The molecular formula is C12H19NO5S. The number of hydrogen-bond acceptors (Lipinski definition) is 5. The van der Waals surface area contributed by atoms with E-state index >= 15 is 0 Å². The summed E-state index contributed by atoms with van der Waals surface area (Å²) in [7, 11) is 1.08. The van der Waals surface area contributed by atoms with Crippen molar-refractivity contribution in [3.05, 3.63) is 12.1 Å². The summed E-state index contributed by atoms with van der Waals surface area (Å²) in [4.78, 5) is 0. The van der Waals surface area contributed by atoms with Crippen LogP contribution in [0, 0.1) is 0 Å². The van der Waals surface area contributed by atoms with E-state index < -0.39 is 10.0 Å². The minimum Gasteiger partial charge on any atom is -0.493 e. The first-order valence-electron chi connectivity index (χ1n) is 5.78. The number of hydrogen-bond donors (Lipinski definition) is 1. The van der Waals surface area contributed by atoms with Crippen LogP contribution in [-0.4, -0.2) is 35.5 Å². The van der Waals surface area contributed by atoms with Gasteiger partial charge in [0.05, 0.1) is 32.8 Å². The van der Waals surface area contributed by atoms with Crippen molar-refractivity contribution in [2.24, 2.45) is 0 Å². The van der Waals surface area contributed by atoms with E-state index in [0.29, 0.717) is 29.4 Å². The van der Waals surface area contributed by atoms with Crippen LogP contribution in [0.1, 0.15) is 13.3 Å². The number of benzene rings is 1. The molecule has 0 aromatic heterocycles. The zero-order valence-electron chi connectivity index (χ0n) is 11.5. The second kappa shape index (κ2) is 6.51. The molecule has 0 fully saturated rings. The van der Waals surface area contributed by atoms with E-state index in [1.165, 1.54) is 21.3 Å². The summed E-state index contributed by atoms with van der Waals surface area (Å²) in [5.74, 6) is 1.28. The van der Waals surface area contributed by atoms with Crippen LogP contribution in [0.2, 0.25) is 0 Å². The largest absolute Gasteiger partial charge is 0.493 e. The van der Waals surface area contributed by atoms with Gasteiger partial charge in [0.1, 0.15) is 0 Å². The lowest BCUT2D eigenvalue weighted by molar-refractivity contribution is 0.325. The van der Waals surface area contributed by atoms with Crippen molar-refractivity contribution < 1.29 is 22.6 Å². The molecule has 108 valence electrons. The van der Waals surface area contributed by atoms with E-state index in [9.17, 15) is 8.42 Å². The molecule has 0 spiro atoms. The number of anilines is 1. The summed E-state index contributed by atoms with van der Waals surface area (Å²) in [6, 6.07) is 3.10. The third-order valence-corrected chi connectivity index (χ3v) is 3.90. The Morgan fingerprint density at radius 1 is 1.05 bits per heavy atom. The first-order chi connectivity index (χ1) is 8.97. The van der Waals surface area contributed by atoms with Gasteiger partial charge in [-0.25, -0.2) is 8.42 Å². The van der Waals surface area contributed by atoms with E-state index in [0.717, 1.165) is 0 Å². The van der Waals surface area contributed by atoms with Crippen molar-refractivity contribution in [3.8, 4) is 17.2 Å². The molecule has 0 aliphatic carbocycles. The molecule has 0 unspecified atom stereocenters. The van der Waals surface area contributed by atoms with Crippen molar-refractivity contribution in [1.29, 1.82) is 0 Å². The molecular weight excluding hydrogens is 270 g/mol. The van der Waals surface area contributed by atoms with E-state index in [2.05, 4.69) is 4.72 Å². The van der Waals surface area contributed by atoms with Crippen LogP contribution >= 0.6 is 0 Å². The van der Waals surface area contributed by atoms with Crippen LogP contribution in [0.4, 0.5) is 5.69 Å². The first-order valence-corrected chi connectivity index (χ1v) is 7.43. The predicted molar refractivity (Wildman–Crippen MR) is 73.8 cm³/mol. The zero-order chi connectivity index (χ0) is 14.5. The third kappa shape index (κ3) is 3.92. The smallest absolute Gasteiger partial charge is 0.232 e. The van der Waals surface area contributed by atoms with Gasteiger partial charge in [-0.1, -0.05) is 6.92 Å². The van der Waals surface area contributed by atoms with Gasteiger partial charge in [-0.05, 0) is 6.42 Å². The van der Waals surface area contributed by atoms with Gasteiger partial charge in [0.2, 0.25) is 15.8 Å². The van der Waals surface area contributed by atoms with Crippen molar-refractivity contribution in [1.82, 2.24) is 0 Å². The van der Waals surface area contributed by atoms with Crippen LogP contribution in [-0.2, 0) is 10.0 Å². The molecule has 0 amide bonds. The second-order valence-electron chi connectivity index (χ2n) is 3.83. The van der Waals surface area contributed by atoms with Crippen LogP contribution in [0.15, 0.2) is 12.1 Å². The molecule has 0 atom stereocenters. The first kappa shape index (κ1) is 15.4. The normalized spacial score (nSPS) is 10.9. The average molecular weight is 289 g/mol. The molecule has 19 heavy (non-hydrogen) atoms. The lowest BCUT2D eigenvalue weighted by Crippen LogP contribution is -2.16. The predicted octanol–water partition coefficient (Wildman–Crippen LogP) is 1.86. The maximum absolute atomic E-state index is 11.7. The maximum Gasteiger partial charge on any atom is 0.232 e. The van der Waals surface area contributed by atoms with E-state index in [4.69, 9.17) is 14.2 Å². The quantitative estimate of drug-likeness (QED) is 0.829. The van der Waals surface area contributed by atoms with Gasteiger partial charge in [0.25, 0.3) is 0 Å². The fourth-order valence-corrected chi connectivity index (χ4v) is 2.76. The average Bonchev–Trinajstić information content (AvgIpc) is 2.36. The molecule has 6 nitrogen and oxygen atoms in total. The number of nitrogens with one attached hydrogen (secondary N) is 1. The van der Waals surface area contributed by atoms with E-state index in [-0.39, 0.29) is 5.75 Å². The van der Waals surface area contributed by atoms with Gasteiger partial charge >= 0.3 is 0 Å². The van der Waals surface area contributed by atoms with Crippen LogP contribution in [0.3, 0.4) is 0 Å². The highest BCUT2D eigenvalue weighted by Gasteiger charge is 2.16. The highest BCUT2D eigenvalue weighted by atomic mass is 32.2. The van der Waals surface area contributed by atoms with Gasteiger partial charge in [-0.2, -0.15) is 0 Å². The Balaban J connectivity index is 3.16. The van der Waals surface area contributed by atoms with Crippen molar-refractivity contribution in [2.45, 2.75) is 13.3 Å². The Kier molecular flexibility index (Phi) is 5.29. The van der Waals surface area contributed by atoms with Crippen molar-refractivity contribution >= 4 is 15.7 Å². The number of sulfonamides is 1. The molecule has 1 rings (SSSR count). The van der Waals surface area contributed by atoms with Crippen molar-refractivity contribution in [3.63, 3.8) is 0 Å². The number of methoxy groups -OCH3 is 3. The fourth-order valence-electron chi connectivity index (χ4n) is 1.64. The van der Waals surface area contributed by atoms with Crippen molar-refractivity contribution in [2.75, 3.05) is 31.8 Å². The molecule has 0 bridgehead atoms. The van der Waals surface area contributed by atoms with Crippen LogP contribution in [0.25, 0.3) is 0 Å². The Morgan fingerprint density at radius 2 is 1.58 bits per heavy atom. The zero-order valence-corrected chi connectivity index (χ0v) is 12.3. The molecule has 0 aliphatic rings. The summed E-state index contributed by atoms with van der Waals surface area (Å²) in [6.45, 7) is 1.80. The Labute approximate surface area is 113 Å². The summed E-state index contributed by atoms with van der Waals surface area (Å²) in [5.41, 5.74) is 0.378. The molecule has 1 N–H and O–H groups in total. The molecule has 1 aromatic carbocycles. The summed E-state index contributed by atoms with van der Waals surface area (Å²) >= 11 is 0. The topological polar surface area (TPSA) is 73.9 Å². The minimum atomic E-state index is -3.36. The van der Waals surface area contributed by atoms with Crippen LogP contribution in [0.5, 0.6) is 17.2 Å². The third-order valence-electron chi connectivity index (χ3n) is 2.41. The lowest BCUT2D eigenvalue weighted by Gasteiger charge is -2.15. The second-order valence-corrected chi connectivity index (χ2v) is 5.68. The SMILES string of the molecule is CCCS(=O)(=O)Nc1cc(OC)c(OC)c(OC)c1. The Bertz CT molecular complexity index is 502. The fraction of sp³-hybridized carbons (Fsp3) is 0.500. The van der Waals surface area contributed by atoms with Gasteiger partial charge in [-0.3, -0.25) is 4.72 Å². The van der Waals surface area contributed by atoms with Gasteiger partial charge in [0.15, 0.2) is 11.5 Å². The molecule has 0 aliphatic heterocycles. The summed E-state index contributed by atoms with van der Waals surface area (Å²) in [6.07, 6.45) is 0.541.